The second-order valence-electron chi connectivity index (χ2n) is 6.61. The van der Waals surface area contributed by atoms with Crippen LogP contribution in [0.25, 0.3) is 0 Å². The van der Waals surface area contributed by atoms with Crippen LogP contribution in [0.3, 0.4) is 0 Å². The van der Waals surface area contributed by atoms with Gasteiger partial charge in [-0.15, -0.1) is 0 Å². The van der Waals surface area contributed by atoms with Crippen LogP contribution in [0.2, 0.25) is 0 Å². The number of carbonyl (C=O) groups is 2. The smallest absolute Gasteiger partial charge is 0.239 e. The second kappa shape index (κ2) is 6.64. The monoisotopic (exact) mass is 398 g/mol. The van der Waals surface area contributed by atoms with Crippen molar-refractivity contribution in [1.82, 2.24) is 5.32 Å². The van der Waals surface area contributed by atoms with Gasteiger partial charge in [0.2, 0.25) is 11.8 Å². The minimum atomic E-state index is -0.588. The van der Waals surface area contributed by atoms with Crippen molar-refractivity contribution >= 4 is 33.4 Å². The van der Waals surface area contributed by atoms with Crippen LogP contribution in [0, 0.1) is 5.92 Å². The van der Waals surface area contributed by atoms with Gasteiger partial charge in [-0.2, -0.15) is 0 Å². The maximum absolute atomic E-state index is 13.0. The van der Waals surface area contributed by atoms with E-state index in [0.29, 0.717) is 13.0 Å². The van der Waals surface area contributed by atoms with Crippen molar-refractivity contribution in [2.45, 2.75) is 25.3 Å². The Labute approximate surface area is 155 Å². The number of halogens is 1. The molecule has 25 heavy (non-hydrogen) atoms. The van der Waals surface area contributed by atoms with Crippen LogP contribution in [0.1, 0.15) is 30.0 Å². The molecule has 4 nitrogen and oxygen atoms in total. The van der Waals surface area contributed by atoms with Gasteiger partial charge in [0.15, 0.2) is 0 Å². The lowest BCUT2D eigenvalue weighted by Gasteiger charge is -2.31. The highest BCUT2D eigenvalue weighted by Gasteiger charge is 2.38. The Morgan fingerprint density at radius 1 is 1.12 bits per heavy atom. The molecule has 128 valence electrons. The van der Waals surface area contributed by atoms with Gasteiger partial charge in [0.1, 0.15) is 5.92 Å². The van der Waals surface area contributed by atoms with E-state index in [2.05, 4.69) is 27.3 Å². The summed E-state index contributed by atoms with van der Waals surface area (Å²) in [6.07, 6.45) is 2.21. The van der Waals surface area contributed by atoms with Gasteiger partial charge in [0.05, 0.1) is 6.04 Å². The lowest BCUT2D eigenvalue weighted by Crippen LogP contribution is -2.47. The molecule has 1 saturated heterocycles. The zero-order valence-electron chi connectivity index (χ0n) is 13.7. The molecule has 1 N–H and O–H groups in total. The van der Waals surface area contributed by atoms with Gasteiger partial charge < -0.3 is 10.2 Å². The van der Waals surface area contributed by atoms with E-state index >= 15 is 0 Å². The number of anilines is 1. The third kappa shape index (κ3) is 3.09. The summed E-state index contributed by atoms with van der Waals surface area (Å²) < 4.78 is 1.02. The van der Waals surface area contributed by atoms with E-state index in [1.165, 1.54) is 0 Å². The molecule has 1 fully saturated rings. The van der Waals surface area contributed by atoms with E-state index in [9.17, 15) is 9.59 Å². The highest BCUT2D eigenvalue weighted by atomic mass is 79.9. The molecule has 2 aliphatic heterocycles. The molecular formula is C20H19BrN2O2. The largest absolute Gasteiger partial charge is 0.349 e. The van der Waals surface area contributed by atoms with Gasteiger partial charge in [-0.05, 0) is 48.6 Å². The number of benzene rings is 2. The van der Waals surface area contributed by atoms with Crippen LogP contribution in [0.4, 0.5) is 5.69 Å². The molecule has 0 aromatic heterocycles. The number of hydrogen-bond acceptors (Lipinski definition) is 2. The van der Waals surface area contributed by atoms with Gasteiger partial charge >= 0.3 is 0 Å². The van der Waals surface area contributed by atoms with Crippen molar-refractivity contribution in [3.63, 3.8) is 0 Å². The molecule has 0 saturated carbocycles. The van der Waals surface area contributed by atoms with E-state index in [4.69, 9.17) is 0 Å². The normalized spacial score (nSPS) is 22.4. The van der Waals surface area contributed by atoms with Crippen molar-refractivity contribution < 1.29 is 9.59 Å². The van der Waals surface area contributed by atoms with Crippen LogP contribution >= 0.6 is 15.9 Å². The lowest BCUT2D eigenvalue weighted by molar-refractivity contribution is -0.136. The number of carbonyl (C=O) groups excluding carboxylic acids is 2. The van der Waals surface area contributed by atoms with E-state index in [1.807, 2.05) is 42.5 Å². The summed E-state index contributed by atoms with van der Waals surface area (Å²) in [5.41, 5.74) is 3.19. The number of fused-ring (bicyclic) bond motifs is 1. The fourth-order valence-electron chi connectivity index (χ4n) is 3.77. The van der Waals surface area contributed by atoms with E-state index in [1.54, 1.807) is 4.90 Å². The first-order chi connectivity index (χ1) is 12.1. The first kappa shape index (κ1) is 16.3. The lowest BCUT2D eigenvalue weighted by atomic mass is 9.89. The molecule has 0 radical (unpaired) electrons. The topological polar surface area (TPSA) is 49.4 Å². The highest BCUT2D eigenvalue weighted by Crippen LogP contribution is 2.34. The Hall–Kier alpha value is -2.14. The minimum absolute atomic E-state index is 0.000398. The van der Waals surface area contributed by atoms with Crippen LogP contribution in [0.5, 0.6) is 0 Å². The van der Waals surface area contributed by atoms with Crippen molar-refractivity contribution in [3.05, 3.63) is 64.1 Å². The molecule has 4 rings (SSSR count). The van der Waals surface area contributed by atoms with Crippen molar-refractivity contribution in [2.24, 2.45) is 5.92 Å². The third-order valence-corrected chi connectivity index (χ3v) is 5.57. The summed E-state index contributed by atoms with van der Waals surface area (Å²) >= 11 is 3.47. The molecule has 2 aromatic carbocycles. The molecule has 2 aromatic rings. The SMILES string of the molecule is O=C1NC(c2ccccc2)CCC1C(=O)N1CCc2cc(Br)ccc21. The van der Waals surface area contributed by atoms with Gasteiger partial charge in [0.25, 0.3) is 0 Å². The molecule has 0 bridgehead atoms. The number of hydrogen-bond donors (Lipinski definition) is 1. The summed E-state index contributed by atoms with van der Waals surface area (Å²) in [7, 11) is 0. The highest BCUT2D eigenvalue weighted by molar-refractivity contribution is 9.10. The maximum Gasteiger partial charge on any atom is 0.239 e. The van der Waals surface area contributed by atoms with Gasteiger partial charge in [-0.1, -0.05) is 46.3 Å². The fraction of sp³-hybridized carbons (Fsp3) is 0.300. The van der Waals surface area contributed by atoms with Crippen LogP contribution in [0.15, 0.2) is 53.0 Å². The van der Waals surface area contributed by atoms with Crippen LogP contribution in [-0.4, -0.2) is 18.4 Å². The van der Waals surface area contributed by atoms with Crippen molar-refractivity contribution in [2.75, 3.05) is 11.4 Å². The average Bonchev–Trinajstić information content (AvgIpc) is 3.04. The van der Waals surface area contributed by atoms with E-state index < -0.39 is 5.92 Å². The molecule has 2 heterocycles. The Kier molecular flexibility index (Phi) is 4.34. The third-order valence-electron chi connectivity index (χ3n) is 5.08. The number of piperidine rings is 1. The molecule has 2 unspecified atom stereocenters. The van der Waals surface area contributed by atoms with Gasteiger partial charge in [-0.25, -0.2) is 0 Å². The summed E-state index contributed by atoms with van der Waals surface area (Å²) in [5, 5.41) is 3.03. The first-order valence-electron chi connectivity index (χ1n) is 8.58. The predicted octanol–water partition coefficient (Wildman–Crippen LogP) is 3.61. The molecule has 0 aliphatic carbocycles. The van der Waals surface area contributed by atoms with Gasteiger partial charge in [-0.3, -0.25) is 9.59 Å². The number of nitrogens with one attached hydrogen (secondary N) is 1. The van der Waals surface area contributed by atoms with E-state index in [0.717, 1.165) is 34.1 Å². The quantitative estimate of drug-likeness (QED) is 0.785. The predicted molar refractivity (Wildman–Crippen MR) is 100 cm³/mol. The molecule has 0 spiro atoms. The number of nitrogens with zero attached hydrogens (tertiary/aromatic N) is 1. The second-order valence-corrected chi connectivity index (χ2v) is 7.53. The van der Waals surface area contributed by atoms with Crippen LogP contribution in [-0.2, 0) is 16.0 Å². The maximum atomic E-state index is 13.0. The Bertz CT molecular complexity index is 822. The summed E-state index contributed by atoms with van der Waals surface area (Å²) in [6, 6.07) is 15.9. The number of rotatable bonds is 2. The Balaban J connectivity index is 1.49. The molecule has 2 atom stereocenters. The molecular weight excluding hydrogens is 380 g/mol. The van der Waals surface area contributed by atoms with Gasteiger partial charge in [0, 0.05) is 16.7 Å². The molecule has 5 heteroatoms. The van der Waals surface area contributed by atoms with Crippen LogP contribution < -0.4 is 10.2 Å². The molecule has 2 aliphatic rings. The zero-order valence-corrected chi connectivity index (χ0v) is 15.3. The molecule has 2 amide bonds. The number of amides is 2. The van der Waals surface area contributed by atoms with E-state index in [-0.39, 0.29) is 17.9 Å². The fourth-order valence-corrected chi connectivity index (χ4v) is 4.18. The zero-order chi connectivity index (χ0) is 17.4. The van der Waals surface area contributed by atoms with Crippen molar-refractivity contribution in [3.8, 4) is 0 Å². The van der Waals surface area contributed by atoms with Crippen molar-refractivity contribution in [1.29, 1.82) is 0 Å². The minimum Gasteiger partial charge on any atom is -0.349 e. The Morgan fingerprint density at radius 3 is 2.68 bits per heavy atom. The Morgan fingerprint density at radius 2 is 1.92 bits per heavy atom. The summed E-state index contributed by atoms with van der Waals surface area (Å²) in [4.78, 5) is 27.3. The average molecular weight is 399 g/mol. The standard InChI is InChI=1S/C20H19BrN2O2/c21-15-6-9-18-14(12-15)10-11-23(18)20(25)16-7-8-17(22-19(16)24)13-4-2-1-3-5-13/h1-6,9,12,16-17H,7-8,10-11H2,(H,22,24). The first-order valence-corrected chi connectivity index (χ1v) is 9.38. The summed E-state index contributed by atoms with van der Waals surface area (Å²) in [5.74, 6) is -0.824. The summed E-state index contributed by atoms with van der Waals surface area (Å²) in [6.45, 7) is 0.649.